The molecule has 0 bridgehead atoms. The number of hydrogen-bond acceptors (Lipinski definition) is 2. The van der Waals surface area contributed by atoms with Crippen molar-refractivity contribution in [3.05, 3.63) is 66.0 Å². The van der Waals surface area contributed by atoms with Gasteiger partial charge < -0.3 is 10.6 Å². The van der Waals surface area contributed by atoms with E-state index < -0.39 is 10.8 Å². The highest BCUT2D eigenvalue weighted by molar-refractivity contribution is 7.85. The number of nitrogens with one attached hydrogen (secondary N) is 2. The second-order valence-corrected chi connectivity index (χ2v) is 6.74. The van der Waals surface area contributed by atoms with Crippen molar-refractivity contribution >= 4 is 16.8 Å². The van der Waals surface area contributed by atoms with E-state index in [0.29, 0.717) is 24.8 Å². The highest BCUT2D eigenvalue weighted by Crippen LogP contribution is 2.04. The minimum atomic E-state index is -1.02. The Bertz CT molecular complexity index is 674. The molecular weight excluding hydrogens is 325 g/mol. The van der Waals surface area contributed by atoms with Crippen molar-refractivity contribution < 1.29 is 8.60 Å². The molecular formula is C18H22FN3OS. The second-order valence-electron chi connectivity index (χ2n) is 5.16. The molecule has 6 heteroatoms. The zero-order chi connectivity index (χ0) is 17.2. The first-order chi connectivity index (χ1) is 11.7. The lowest BCUT2D eigenvalue weighted by Crippen LogP contribution is -2.40. The van der Waals surface area contributed by atoms with Crippen LogP contribution in [0.5, 0.6) is 0 Å². The van der Waals surface area contributed by atoms with Crippen LogP contribution in [-0.2, 0) is 17.2 Å². The van der Waals surface area contributed by atoms with Gasteiger partial charge in [-0.15, -0.1) is 0 Å². The van der Waals surface area contributed by atoms with Gasteiger partial charge in [0.25, 0.3) is 0 Å². The summed E-state index contributed by atoms with van der Waals surface area (Å²) in [6, 6.07) is 15.9. The molecule has 128 valence electrons. The normalized spacial score (nSPS) is 12.7. The summed E-state index contributed by atoms with van der Waals surface area (Å²) in [4.78, 5) is 4.97. The fraction of sp³-hybridized carbons (Fsp3) is 0.278. The van der Waals surface area contributed by atoms with Crippen molar-refractivity contribution in [2.75, 3.05) is 25.9 Å². The van der Waals surface area contributed by atoms with E-state index in [9.17, 15) is 8.60 Å². The maximum atomic E-state index is 12.8. The molecule has 0 radical (unpaired) electrons. The Labute approximate surface area is 144 Å². The Kier molecular flexibility index (Phi) is 7.42. The molecule has 24 heavy (non-hydrogen) atoms. The predicted molar refractivity (Wildman–Crippen MR) is 97.2 cm³/mol. The van der Waals surface area contributed by atoms with Gasteiger partial charge in [-0.2, -0.15) is 0 Å². The Morgan fingerprint density at radius 2 is 1.71 bits per heavy atom. The number of guanidine groups is 1. The summed E-state index contributed by atoms with van der Waals surface area (Å²) in [6.45, 7) is 1.25. The summed E-state index contributed by atoms with van der Waals surface area (Å²) in [6.07, 6.45) is 0.775. The van der Waals surface area contributed by atoms with Crippen molar-refractivity contribution in [1.82, 2.24) is 10.6 Å². The first-order valence-electron chi connectivity index (χ1n) is 7.81. The van der Waals surface area contributed by atoms with Gasteiger partial charge in [0.15, 0.2) is 5.96 Å². The van der Waals surface area contributed by atoms with Gasteiger partial charge in [0.2, 0.25) is 0 Å². The zero-order valence-electron chi connectivity index (χ0n) is 13.7. The molecule has 0 heterocycles. The van der Waals surface area contributed by atoms with Crippen LogP contribution in [0.3, 0.4) is 0 Å². The molecule has 1 unspecified atom stereocenters. The molecule has 2 aromatic rings. The lowest BCUT2D eigenvalue weighted by atomic mass is 10.1. The van der Waals surface area contributed by atoms with E-state index >= 15 is 0 Å². The number of halogens is 1. The van der Waals surface area contributed by atoms with Crippen molar-refractivity contribution in [3.63, 3.8) is 0 Å². The Morgan fingerprint density at radius 3 is 2.38 bits per heavy atom. The summed E-state index contributed by atoms with van der Waals surface area (Å²) in [5, 5.41) is 6.34. The first kappa shape index (κ1) is 18.1. The molecule has 2 aromatic carbocycles. The van der Waals surface area contributed by atoms with Crippen molar-refractivity contribution in [1.29, 1.82) is 0 Å². The molecule has 0 aliphatic carbocycles. The van der Waals surface area contributed by atoms with Crippen LogP contribution in [0.4, 0.5) is 4.39 Å². The van der Waals surface area contributed by atoms with Crippen LogP contribution >= 0.6 is 0 Å². The quantitative estimate of drug-likeness (QED) is 0.597. The molecule has 1 atom stereocenters. The van der Waals surface area contributed by atoms with Gasteiger partial charge >= 0.3 is 0 Å². The Hall–Kier alpha value is -2.21. The van der Waals surface area contributed by atoms with E-state index in [1.54, 1.807) is 19.2 Å². The summed E-state index contributed by atoms with van der Waals surface area (Å²) in [5.41, 5.74) is 1.06. The molecule has 0 aromatic heterocycles. The lowest BCUT2D eigenvalue weighted by Gasteiger charge is -2.12. The van der Waals surface area contributed by atoms with Crippen LogP contribution in [0, 0.1) is 5.82 Å². The third kappa shape index (κ3) is 6.12. The van der Waals surface area contributed by atoms with Crippen LogP contribution in [-0.4, -0.2) is 36.1 Å². The van der Waals surface area contributed by atoms with E-state index in [2.05, 4.69) is 15.6 Å². The summed E-state index contributed by atoms with van der Waals surface area (Å²) < 4.78 is 25.0. The van der Waals surface area contributed by atoms with Crippen LogP contribution < -0.4 is 10.6 Å². The average molecular weight is 347 g/mol. The lowest BCUT2D eigenvalue weighted by molar-refractivity contribution is 0.626. The standard InChI is InChI=1S/C18H22FN3OS/c1-20-18(21-12-11-15-7-9-16(19)10-8-15)22-13-14-24(23)17-5-3-2-4-6-17/h2-10H,11-14H2,1H3,(H2,20,21,22). The Morgan fingerprint density at radius 1 is 1.04 bits per heavy atom. The maximum Gasteiger partial charge on any atom is 0.191 e. The van der Waals surface area contributed by atoms with Gasteiger partial charge in [-0.25, -0.2) is 4.39 Å². The van der Waals surface area contributed by atoms with Crippen LogP contribution in [0.15, 0.2) is 64.5 Å². The molecule has 0 spiro atoms. The highest BCUT2D eigenvalue weighted by atomic mass is 32.2. The molecule has 0 fully saturated rings. The number of benzene rings is 2. The zero-order valence-corrected chi connectivity index (χ0v) is 14.5. The highest BCUT2D eigenvalue weighted by Gasteiger charge is 2.04. The third-order valence-electron chi connectivity index (χ3n) is 3.43. The van der Waals surface area contributed by atoms with Gasteiger partial charge in [0, 0.05) is 30.8 Å². The number of hydrogen-bond donors (Lipinski definition) is 2. The second kappa shape index (κ2) is 9.82. The fourth-order valence-electron chi connectivity index (χ4n) is 2.15. The largest absolute Gasteiger partial charge is 0.356 e. The summed E-state index contributed by atoms with van der Waals surface area (Å²) >= 11 is 0. The topological polar surface area (TPSA) is 53.5 Å². The first-order valence-corrected chi connectivity index (χ1v) is 9.13. The van der Waals surface area contributed by atoms with E-state index in [1.165, 1.54) is 12.1 Å². The van der Waals surface area contributed by atoms with Crippen LogP contribution in [0.25, 0.3) is 0 Å². The smallest absolute Gasteiger partial charge is 0.191 e. The number of nitrogens with zero attached hydrogens (tertiary/aromatic N) is 1. The summed E-state index contributed by atoms with van der Waals surface area (Å²) in [5.74, 6) is 0.959. The van der Waals surface area contributed by atoms with Crippen molar-refractivity contribution in [3.8, 4) is 0 Å². The number of aliphatic imine (C=N–C) groups is 1. The fourth-order valence-corrected chi connectivity index (χ4v) is 3.13. The predicted octanol–water partition coefficient (Wildman–Crippen LogP) is 2.34. The molecule has 0 aliphatic rings. The average Bonchev–Trinajstić information content (AvgIpc) is 2.62. The van der Waals surface area contributed by atoms with Crippen molar-refractivity contribution in [2.45, 2.75) is 11.3 Å². The monoisotopic (exact) mass is 347 g/mol. The van der Waals surface area contributed by atoms with E-state index in [1.807, 2.05) is 30.3 Å². The van der Waals surface area contributed by atoms with E-state index in [0.717, 1.165) is 16.9 Å². The van der Waals surface area contributed by atoms with E-state index in [4.69, 9.17) is 0 Å². The van der Waals surface area contributed by atoms with Gasteiger partial charge in [-0.1, -0.05) is 30.3 Å². The molecule has 4 nitrogen and oxygen atoms in total. The van der Waals surface area contributed by atoms with Gasteiger partial charge in [0.05, 0.1) is 10.8 Å². The molecule has 2 N–H and O–H groups in total. The van der Waals surface area contributed by atoms with Crippen molar-refractivity contribution in [2.24, 2.45) is 4.99 Å². The molecule has 0 aliphatic heterocycles. The van der Waals surface area contributed by atoms with Gasteiger partial charge in [0.1, 0.15) is 5.82 Å². The van der Waals surface area contributed by atoms with Gasteiger partial charge in [-0.05, 0) is 36.2 Å². The van der Waals surface area contributed by atoms with Gasteiger partial charge in [-0.3, -0.25) is 9.20 Å². The van der Waals surface area contributed by atoms with E-state index in [-0.39, 0.29) is 5.82 Å². The molecule has 0 amide bonds. The number of rotatable bonds is 7. The molecule has 2 rings (SSSR count). The Balaban J connectivity index is 1.69. The maximum absolute atomic E-state index is 12.8. The van der Waals surface area contributed by atoms with Crippen LogP contribution in [0.1, 0.15) is 5.56 Å². The summed E-state index contributed by atoms with van der Waals surface area (Å²) in [7, 11) is 0.676. The SMILES string of the molecule is CN=C(NCCc1ccc(F)cc1)NCCS(=O)c1ccccc1. The minimum absolute atomic E-state index is 0.226. The third-order valence-corrected chi connectivity index (χ3v) is 4.80. The van der Waals surface area contributed by atoms with Crippen LogP contribution in [0.2, 0.25) is 0 Å². The molecule has 0 saturated carbocycles. The molecule has 0 saturated heterocycles. The minimum Gasteiger partial charge on any atom is -0.356 e.